The maximum absolute atomic E-state index is 13.3. The maximum Gasteiger partial charge on any atom is 0.345 e. The summed E-state index contributed by atoms with van der Waals surface area (Å²) in [6.45, 7) is 6.26. The van der Waals surface area contributed by atoms with Gasteiger partial charge in [0, 0.05) is 65.3 Å². The zero-order valence-corrected chi connectivity index (χ0v) is 22.8. The van der Waals surface area contributed by atoms with Crippen molar-refractivity contribution in [3.05, 3.63) is 70.5 Å². The SMILES string of the molecule is COCCOc1ccc(N2CCN(CCn3c(=O)n(C)n4c5c(nc34)N(N)CN=C5c3ccccn3)CC2)cc1. The predicted octanol–water partition coefficient (Wildman–Crippen LogP) is 0.566. The van der Waals surface area contributed by atoms with Crippen molar-refractivity contribution in [1.82, 2.24) is 28.6 Å². The quantitative estimate of drug-likeness (QED) is 0.237. The Morgan fingerprint density at radius 1 is 1.00 bits per heavy atom. The number of rotatable bonds is 9. The smallest absolute Gasteiger partial charge is 0.345 e. The lowest BCUT2D eigenvalue weighted by Gasteiger charge is -2.36. The van der Waals surface area contributed by atoms with Gasteiger partial charge in [0.05, 0.1) is 12.3 Å². The van der Waals surface area contributed by atoms with Gasteiger partial charge in [-0.15, -0.1) is 0 Å². The first-order valence-corrected chi connectivity index (χ1v) is 13.4. The molecule has 1 saturated heterocycles. The van der Waals surface area contributed by atoms with Crippen LogP contribution in [0.15, 0.2) is 58.4 Å². The molecule has 0 radical (unpaired) electrons. The molecule has 0 atom stereocenters. The number of imidazole rings is 1. The van der Waals surface area contributed by atoms with Crippen molar-refractivity contribution in [3.8, 4) is 5.75 Å². The van der Waals surface area contributed by atoms with Crippen LogP contribution in [-0.2, 0) is 18.3 Å². The number of fused-ring (bicyclic) bond motifs is 3. The Balaban J connectivity index is 1.14. The van der Waals surface area contributed by atoms with Gasteiger partial charge in [0.2, 0.25) is 5.78 Å². The van der Waals surface area contributed by atoms with Gasteiger partial charge in [-0.05, 0) is 36.4 Å². The van der Waals surface area contributed by atoms with Gasteiger partial charge in [-0.1, -0.05) is 6.07 Å². The second-order valence-corrected chi connectivity index (χ2v) is 9.85. The molecule has 0 amide bonds. The van der Waals surface area contributed by atoms with E-state index in [1.807, 2.05) is 30.3 Å². The molecular weight excluding hydrogens is 512 g/mol. The fraction of sp³-hybridized carbons (Fsp3) is 0.407. The summed E-state index contributed by atoms with van der Waals surface area (Å²) in [4.78, 5) is 32.0. The number of aliphatic imine (C=N–C) groups is 1. The highest BCUT2D eigenvalue weighted by Gasteiger charge is 2.30. The first-order valence-electron chi connectivity index (χ1n) is 13.4. The molecule has 0 spiro atoms. The molecule has 210 valence electrons. The second kappa shape index (κ2) is 11.1. The lowest BCUT2D eigenvalue weighted by atomic mass is 10.1. The summed E-state index contributed by atoms with van der Waals surface area (Å²) in [5, 5.41) is 1.50. The average Bonchev–Trinajstić information content (AvgIpc) is 3.49. The molecule has 0 saturated carbocycles. The van der Waals surface area contributed by atoms with E-state index in [9.17, 15) is 4.79 Å². The highest BCUT2D eigenvalue weighted by Crippen LogP contribution is 2.26. The first kappa shape index (κ1) is 26.0. The zero-order valence-electron chi connectivity index (χ0n) is 22.8. The summed E-state index contributed by atoms with van der Waals surface area (Å²) in [6.07, 6.45) is 1.72. The normalized spacial score (nSPS) is 15.9. The Bertz CT molecular complexity index is 1550. The largest absolute Gasteiger partial charge is 0.491 e. The lowest BCUT2D eigenvalue weighted by molar-refractivity contribution is 0.146. The lowest BCUT2D eigenvalue weighted by Crippen LogP contribution is -2.47. The molecule has 0 bridgehead atoms. The number of ether oxygens (including phenoxy) is 2. The standard InChI is InChI=1S/C27H34N10O3/c1-32-27(38)35(26-31-25-24(37(26)32)23(30-19-36(25)28)22-5-3-4-10-29-22)16-13-33-11-14-34(15-12-33)20-6-8-21(9-7-20)40-18-17-39-2/h3-10H,11-19,28H2,1-2H3. The minimum absolute atomic E-state index is 0.133. The van der Waals surface area contributed by atoms with Crippen LogP contribution in [0, 0.1) is 0 Å². The number of nitrogens with zero attached hydrogens (tertiary/aromatic N) is 9. The molecule has 2 aliphatic rings. The Labute approximate surface area is 231 Å². The molecule has 1 fully saturated rings. The van der Waals surface area contributed by atoms with E-state index in [1.165, 1.54) is 10.7 Å². The van der Waals surface area contributed by atoms with Gasteiger partial charge in [-0.2, -0.15) is 4.98 Å². The van der Waals surface area contributed by atoms with Crippen LogP contribution in [0.2, 0.25) is 0 Å². The minimum Gasteiger partial charge on any atom is -0.491 e. The van der Waals surface area contributed by atoms with Crippen molar-refractivity contribution in [2.75, 3.05) is 69.6 Å². The fourth-order valence-electron chi connectivity index (χ4n) is 5.26. The first-order chi connectivity index (χ1) is 19.5. The van der Waals surface area contributed by atoms with E-state index in [0.717, 1.165) is 38.5 Å². The number of methoxy groups -OCH3 is 1. The second-order valence-electron chi connectivity index (χ2n) is 9.85. The third-order valence-electron chi connectivity index (χ3n) is 7.42. The zero-order chi connectivity index (χ0) is 27.6. The molecule has 2 N–H and O–H groups in total. The molecular formula is C27H34N10O3. The molecule has 4 aromatic rings. The number of piperazine rings is 1. The Hall–Kier alpha value is -4.20. The van der Waals surface area contributed by atoms with Crippen molar-refractivity contribution >= 4 is 23.0 Å². The van der Waals surface area contributed by atoms with Gasteiger partial charge in [-0.3, -0.25) is 24.5 Å². The van der Waals surface area contributed by atoms with Crippen LogP contribution in [0.4, 0.5) is 11.5 Å². The number of pyridine rings is 1. The Morgan fingerprint density at radius 3 is 2.52 bits per heavy atom. The van der Waals surface area contributed by atoms with E-state index in [4.69, 9.17) is 20.3 Å². The number of hydrogen-bond acceptors (Lipinski definition) is 10. The van der Waals surface area contributed by atoms with Gasteiger partial charge < -0.3 is 14.4 Å². The molecule has 2 aliphatic heterocycles. The van der Waals surface area contributed by atoms with Crippen LogP contribution in [-0.4, -0.2) is 94.1 Å². The van der Waals surface area contributed by atoms with E-state index >= 15 is 0 Å². The van der Waals surface area contributed by atoms with Crippen LogP contribution >= 0.6 is 0 Å². The summed E-state index contributed by atoms with van der Waals surface area (Å²) in [5.41, 5.74) is 3.10. The van der Waals surface area contributed by atoms with Gasteiger partial charge in [-0.25, -0.2) is 19.8 Å². The molecule has 13 heteroatoms. The summed E-state index contributed by atoms with van der Waals surface area (Å²) in [6, 6.07) is 13.9. The summed E-state index contributed by atoms with van der Waals surface area (Å²) < 4.78 is 15.8. The molecule has 6 rings (SSSR count). The van der Waals surface area contributed by atoms with Gasteiger partial charge in [0.25, 0.3) is 0 Å². The molecule has 5 heterocycles. The van der Waals surface area contributed by atoms with Crippen molar-refractivity contribution in [2.24, 2.45) is 17.9 Å². The Kier molecular flexibility index (Phi) is 7.24. The van der Waals surface area contributed by atoms with E-state index in [1.54, 1.807) is 34.1 Å². The molecule has 0 unspecified atom stereocenters. The molecule has 3 aromatic heterocycles. The molecule has 1 aromatic carbocycles. The van der Waals surface area contributed by atoms with E-state index in [2.05, 4.69) is 31.9 Å². The van der Waals surface area contributed by atoms with Crippen LogP contribution in [0.25, 0.3) is 5.78 Å². The number of hydrazine groups is 1. The topological polar surface area (TPSA) is 124 Å². The van der Waals surface area contributed by atoms with Crippen molar-refractivity contribution in [1.29, 1.82) is 0 Å². The van der Waals surface area contributed by atoms with Crippen molar-refractivity contribution in [2.45, 2.75) is 6.54 Å². The number of hydrogen-bond donors (Lipinski definition) is 1. The highest BCUT2D eigenvalue weighted by atomic mass is 16.5. The van der Waals surface area contributed by atoms with Crippen molar-refractivity contribution in [3.63, 3.8) is 0 Å². The predicted molar refractivity (Wildman–Crippen MR) is 152 cm³/mol. The number of aromatic nitrogens is 5. The molecule has 40 heavy (non-hydrogen) atoms. The van der Waals surface area contributed by atoms with Gasteiger partial charge in [0.1, 0.15) is 30.4 Å². The highest BCUT2D eigenvalue weighted by molar-refractivity contribution is 6.14. The minimum atomic E-state index is -0.133. The Morgan fingerprint density at radius 2 is 1.80 bits per heavy atom. The summed E-state index contributed by atoms with van der Waals surface area (Å²) in [7, 11) is 3.41. The fourth-order valence-corrected chi connectivity index (χ4v) is 5.26. The molecule has 13 nitrogen and oxygen atoms in total. The van der Waals surface area contributed by atoms with Crippen molar-refractivity contribution < 1.29 is 9.47 Å². The van der Waals surface area contributed by atoms with E-state index < -0.39 is 0 Å². The molecule has 0 aliphatic carbocycles. The average molecular weight is 547 g/mol. The number of benzene rings is 1. The van der Waals surface area contributed by atoms with E-state index in [-0.39, 0.29) is 12.4 Å². The van der Waals surface area contributed by atoms with Crippen LogP contribution in [0.1, 0.15) is 11.4 Å². The van der Waals surface area contributed by atoms with Gasteiger partial charge in [0.15, 0.2) is 5.82 Å². The number of anilines is 2. The number of aryl methyl sites for hydroxylation is 1. The third kappa shape index (κ3) is 4.83. The van der Waals surface area contributed by atoms with Crippen LogP contribution < -0.4 is 26.2 Å². The summed E-state index contributed by atoms with van der Waals surface area (Å²) >= 11 is 0. The third-order valence-corrected chi connectivity index (χ3v) is 7.42. The maximum atomic E-state index is 13.3. The monoisotopic (exact) mass is 546 g/mol. The van der Waals surface area contributed by atoms with Crippen LogP contribution in [0.3, 0.4) is 0 Å². The summed E-state index contributed by atoms with van der Waals surface area (Å²) in [5.74, 6) is 8.22. The number of nitrogens with two attached hydrogens (primary N) is 1. The van der Waals surface area contributed by atoms with Crippen LogP contribution in [0.5, 0.6) is 5.75 Å². The van der Waals surface area contributed by atoms with E-state index in [0.29, 0.717) is 48.5 Å². The van der Waals surface area contributed by atoms with Gasteiger partial charge >= 0.3 is 5.69 Å².